The van der Waals surface area contributed by atoms with E-state index in [9.17, 15) is 8.42 Å². The van der Waals surface area contributed by atoms with Crippen molar-refractivity contribution in [1.82, 2.24) is 4.72 Å². The van der Waals surface area contributed by atoms with Crippen LogP contribution in [0.1, 0.15) is 30.0 Å². The van der Waals surface area contributed by atoms with E-state index >= 15 is 0 Å². The Morgan fingerprint density at radius 2 is 2.11 bits per heavy atom. The second-order valence-electron chi connectivity index (χ2n) is 4.37. The molecule has 1 aliphatic carbocycles. The van der Waals surface area contributed by atoms with Gasteiger partial charge in [0, 0.05) is 11.4 Å². The van der Waals surface area contributed by atoms with Gasteiger partial charge in [-0.15, -0.1) is 0 Å². The summed E-state index contributed by atoms with van der Waals surface area (Å²) in [4.78, 5) is 0. The largest absolute Gasteiger partial charge is 0.234 e. The number of rotatable bonds is 4. The average Bonchev–Trinajstić information content (AvgIpc) is 2.37. The first-order valence-electron chi connectivity index (χ1n) is 6.01. The molecule has 0 bridgehead atoms. The first kappa shape index (κ1) is 13.1. The Kier molecular flexibility index (Phi) is 3.99. The number of fused-ring (bicyclic) bond motifs is 1. The van der Waals surface area contributed by atoms with Crippen LogP contribution in [0.15, 0.2) is 48.4 Å². The Labute approximate surface area is 108 Å². The third-order valence-electron chi connectivity index (χ3n) is 3.07. The number of nitrogens with one attached hydrogen (secondary N) is 1. The van der Waals surface area contributed by atoms with Gasteiger partial charge in [0.1, 0.15) is 0 Å². The molecule has 1 aromatic carbocycles. The fourth-order valence-corrected chi connectivity index (χ4v) is 3.31. The first-order chi connectivity index (χ1) is 8.62. The summed E-state index contributed by atoms with van der Waals surface area (Å²) in [6, 6.07) is 7.89. The minimum atomic E-state index is -3.39. The fraction of sp³-hybridized carbons (Fsp3) is 0.286. The highest BCUT2D eigenvalue weighted by atomic mass is 32.2. The molecule has 0 spiro atoms. The predicted molar refractivity (Wildman–Crippen MR) is 73.5 cm³/mol. The van der Waals surface area contributed by atoms with E-state index in [1.807, 2.05) is 18.2 Å². The van der Waals surface area contributed by atoms with Crippen LogP contribution in [-0.2, 0) is 16.4 Å². The lowest BCUT2D eigenvalue weighted by Gasteiger charge is -2.25. The molecule has 4 heteroatoms. The number of benzene rings is 1. The van der Waals surface area contributed by atoms with Gasteiger partial charge in [0.15, 0.2) is 0 Å². The van der Waals surface area contributed by atoms with E-state index < -0.39 is 10.0 Å². The highest BCUT2D eigenvalue weighted by Gasteiger charge is 2.22. The van der Waals surface area contributed by atoms with E-state index in [4.69, 9.17) is 0 Å². The molecule has 18 heavy (non-hydrogen) atoms. The van der Waals surface area contributed by atoms with Gasteiger partial charge in [0.2, 0.25) is 10.0 Å². The van der Waals surface area contributed by atoms with E-state index in [2.05, 4.69) is 17.4 Å². The van der Waals surface area contributed by atoms with E-state index in [1.54, 1.807) is 0 Å². The van der Waals surface area contributed by atoms with Crippen LogP contribution in [0.3, 0.4) is 0 Å². The molecule has 1 N–H and O–H groups in total. The average molecular weight is 263 g/mol. The molecule has 0 radical (unpaired) electrons. The van der Waals surface area contributed by atoms with Crippen molar-refractivity contribution in [3.8, 4) is 0 Å². The van der Waals surface area contributed by atoms with Crippen molar-refractivity contribution in [2.75, 3.05) is 0 Å². The molecular formula is C14H17NO2S. The summed E-state index contributed by atoms with van der Waals surface area (Å²) in [5.74, 6) is 0. The van der Waals surface area contributed by atoms with Crippen molar-refractivity contribution < 1.29 is 8.42 Å². The van der Waals surface area contributed by atoms with E-state index in [1.165, 1.54) is 17.7 Å². The van der Waals surface area contributed by atoms with Gasteiger partial charge in [-0.1, -0.05) is 43.0 Å². The monoisotopic (exact) mass is 263 g/mol. The molecule has 0 saturated carbocycles. The summed E-state index contributed by atoms with van der Waals surface area (Å²) in [6.07, 6.45) is 5.76. The second kappa shape index (κ2) is 5.50. The Bertz CT molecular complexity index is 561. The highest BCUT2D eigenvalue weighted by Crippen LogP contribution is 2.29. The molecular weight excluding hydrogens is 246 g/mol. The third-order valence-corrected chi connectivity index (χ3v) is 4.20. The maximum absolute atomic E-state index is 11.8. The van der Waals surface area contributed by atoms with Crippen LogP contribution in [0, 0.1) is 0 Å². The summed E-state index contributed by atoms with van der Waals surface area (Å²) < 4.78 is 26.4. The van der Waals surface area contributed by atoms with Crippen molar-refractivity contribution >= 4 is 10.0 Å². The molecule has 1 atom stereocenters. The maximum atomic E-state index is 11.8. The molecule has 0 aliphatic heterocycles. The van der Waals surface area contributed by atoms with Gasteiger partial charge < -0.3 is 0 Å². The van der Waals surface area contributed by atoms with Crippen molar-refractivity contribution in [3.05, 3.63) is 59.5 Å². The molecule has 2 rings (SSSR count). The topological polar surface area (TPSA) is 46.2 Å². The minimum Gasteiger partial charge on any atom is -0.208 e. The van der Waals surface area contributed by atoms with Gasteiger partial charge in [-0.2, -0.15) is 0 Å². The second-order valence-corrected chi connectivity index (χ2v) is 5.97. The van der Waals surface area contributed by atoms with E-state index in [-0.39, 0.29) is 6.04 Å². The van der Waals surface area contributed by atoms with Crippen molar-refractivity contribution in [1.29, 1.82) is 0 Å². The lowest BCUT2D eigenvalue weighted by molar-refractivity contribution is 0.512. The molecule has 1 aliphatic rings. The Hall–Kier alpha value is -1.39. The van der Waals surface area contributed by atoms with Gasteiger partial charge in [0.25, 0.3) is 0 Å². The zero-order valence-electron chi connectivity index (χ0n) is 10.2. The van der Waals surface area contributed by atoms with Gasteiger partial charge in [-0.25, -0.2) is 13.1 Å². The zero-order chi connectivity index (χ0) is 13.0. The van der Waals surface area contributed by atoms with Crippen LogP contribution >= 0.6 is 0 Å². The third kappa shape index (κ3) is 3.09. The normalized spacial score (nSPS) is 19.7. The van der Waals surface area contributed by atoms with E-state index in [0.717, 1.165) is 30.2 Å². The van der Waals surface area contributed by atoms with Crippen LogP contribution in [0.4, 0.5) is 0 Å². The van der Waals surface area contributed by atoms with Crippen LogP contribution in [0.2, 0.25) is 0 Å². The molecule has 0 aromatic heterocycles. The Balaban J connectivity index is 2.22. The molecule has 1 aromatic rings. The Morgan fingerprint density at radius 3 is 2.89 bits per heavy atom. The van der Waals surface area contributed by atoms with Gasteiger partial charge in [-0.05, 0) is 30.4 Å². The first-order valence-corrected chi connectivity index (χ1v) is 7.56. The summed E-state index contributed by atoms with van der Waals surface area (Å²) in [5, 5.41) is 1.15. The van der Waals surface area contributed by atoms with Crippen molar-refractivity contribution in [2.45, 2.75) is 25.3 Å². The molecule has 0 heterocycles. The molecule has 3 nitrogen and oxygen atoms in total. The number of hydrogen-bond donors (Lipinski definition) is 1. The van der Waals surface area contributed by atoms with Gasteiger partial charge in [0.05, 0.1) is 0 Å². The van der Waals surface area contributed by atoms with Crippen LogP contribution < -0.4 is 4.72 Å². The van der Waals surface area contributed by atoms with Crippen LogP contribution in [-0.4, -0.2) is 8.42 Å². The minimum absolute atomic E-state index is 0.116. The van der Waals surface area contributed by atoms with Crippen LogP contribution in [0.5, 0.6) is 0 Å². The number of hydrogen-bond acceptors (Lipinski definition) is 2. The summed E-state index contributed by atoms with van der Waals surface area (Å²) in [6.45, 7) is 3.47. The maximum Gasteiger partial charge on any atom is 0.234 e. The van der Waals surface area contributed by atoms with E-state index in [0.29, 0.717) is 0 Å². The van der Waals surface area contributed by atoms with Gasteiger partial charge in [-0.3, -0.25) is 0 Å². The lowest BCUT2D eigenvalue weighted by atomic mass is 9.88. The molecule has 1 unspecified atom stereocenters. The van der Waals surface area contributed by atoms with Crippen molar-refractivity contribution in [3.63, 3.8) is 0 Å². The SMILES string of the molecule is C=CC=CS(=O)(=O)NC1CCCc2ccccc21. The fourth-order valence-electron chi connectivity index (χ4n) is 2.27. The Morgan fingerprint density at radius 1 is 1.33 bits per heavy atom. The van der Waals surface area contributed by atoms with Crippen molar-refractivity contribution in [2.24, 2.45) is 0 Å². The van der Waals surface area contributed by atoms with Gasteiger partial charge >= 0.3 is 0 Å². The summed E-state index contributed by atoms with van der Waals surface area (Å²) in [5.41, 5.74) is 2.34. The van der Waals surface area contributed by atoms with Crippen LogP contribution in [0.25, 0.3) is 0 Å². The highest BCUT2D eigenvalue weighted by molar-refractivity contribution is 7.92. The summed E-state index contributed by atoms with van der Waals surface area (Å²) in [7, 11) is -3.39. The lowest BCUT2D eigenvalue weighted by Crippen LogP contribution is -2.29. The summed E-state index contributed by atoms with van der Waals surface area (Å²) >= 11 is 0. The zero-order valence-corrected chi connectivity index (χ0v) is 11.0. The molecule has 0 amide bonds. The predicted octanol–water partition coefficient (Wildman–Crippen LogP) is 2.68. The number of aryl methyl sites for hydroxylation is 1. The molecule has 0 saturated heterocycles. The molecule has 96 valence electrons. The number of allylic oxidation sites excluding steroid dienone is 2. The quantitative estimate of drug-likeness (QED) is 0.849. The molecule has 0 fully saturated rings. The smallest absolute Gasteiger partial charge is 0.208 e. The number of sulfonamides is 1. The standard InChI is InChI=1S/C14H17NO2S/c1-2-3-11-18(16,17)15-14-10-6-8-12-7-4-5-9-13(12)14/h2-5,7,9,11,14-15H,1,6,8,10H2.